The molecule has 0 saturated heterocycles. The number of nitrogens with zero attached hydrogens (tertiary/aromatic N) is 2. The summed E-state index contributed by atoms with van der Waals surface area (Å²) >= 11 is 0. The fraction of sp³-hybridized carbons (Fsp3) is 0.600. The van der Waals surface area contributed by atoms with Gasteiger partial charge in [-0.2, -0.15) is 0 Å². The van der Waals surface area contributed by atoms with E-state index in [9.17, 15) is 0 Å². The third kappa shape index (κ3) is 17.8. The van der Waals surface area contributed by atoms with E-state index in [1.807, 2.05) is 6.92 Å². The van der Waals surface area contributed by atoms with E-state index in [0.29, 0.717) is 0 Å². The molecule has 0 radical (unpaired) electrons. The number of aliphatic imine (C=N–C) groups is 2. The third-order valence-electron chi connectivity index (χ3n) is 9.05. The zero-order valence-electron chi connectivity index (χ0n) is 31.7. The Hall–Kier alpha value is -2.43. The van der Waals surface area contributed by atoms with Gasteiger partial charge in [-0.05, 0) is 130 Å². The van der Waals surface area contributed by atoms with Crippen molar-refractivity contribution in [1.29, 1.82) is 0 Å². The summed E-state index contributed by atoms with van der Waals surface area (Å²) in [5, 5.41) is 0. The molecule has 0 bridgehead atoms. The average Bonchev–Trinajstić information content (AvgIpc) is 3.09. The fourth-order valence-corrected chi connectivity index (χ4v) is 6.08. The van der Waals surface area contributed by atoms with Crippen molar-refractivity contribution < 1.29 is 16.5 Å². The van der Waals surface area contributed by atoms with E-state index in [1.165, 1.54) is 125 Å². The third-order valence-corrected chi connectivity index (χ3v) is 9.05. The van der Waals surface area contributed by atoms with Crippen LogP contribution in [0.5, 0.6) is 0 Å². The van der Waals surface area contributed by atoms with Crippen LogP contribution >= 0.6 is 0 Å². The number of hydrogen-bond donors (Lipinski definition) is 0. The zero-order chi connectivity index (χ0) is 34.0. The molecule has 2 nitrogen and oxygen atoms in total. The standard InChI is InChI=1S/C45H68N2.Ni/c1-7-13-18-19-20-21-22-23-24-25-31-45(47-43-35-33-39(28-15-9-3)41(37-43)30-17-11-5)44(26-12-6)46-42-34-32-38(27-14-8-2)40(36-42)29-16-10-4;/h25,31-37H,7-11,13-24,27-30H2,1-6H3;/b31-25+,46-44+,47-45+;. The second-order valence-corrected chi connectivity index (χ2v) is 13.3. The quantitative estimate of drug-likeness (QED) is 0.0428. The number of benzene rings is 2. The van der Waals surface area contributed by atoms with Crippen molar-refractivity contribution in [2.24, 2.45) is 9.98 Å². The van der Waals surface area contributed by atoms with Crippen LogP contribution in [0.15, 0.2) is 58.5 Å². The first-order valence-electron chi connectivity index (χ1n) is 19.6. The molecule has 3 heteroatoms. The van der Waals surface area contributed by atoms with Crippen molar-refractivity contribution in [3.63, 3.8) is 0 Å². The summed E-state index contributed by atoms with van der Waals surface area (Å²) in [6.07, 6.45) is 30.5. The second kappa shape index (κ2) is 28.4. The molecule has 0 aliphatic rings. The predicted octanol–water partition coefficient (Wildman–Crippen LogP) is 14.0. The van der Waals surface area contributed by atoms with Gasteiger partial charge in [0.2, 0.25) is 0 Å². The van der Waals surface area contributed by atoms with Gasteiger partial charge in [-0.1, -0.05) is 129 Å². The Balaban J connectivity index is 0.0000115. The fourth-order valence-electron chi connectivity index (χ4n) is 6.08. The molecule has 0 heterocycles. The number of rotatable bonds is 25. The maximum Gasteiger partial charge on any atom is 0.139 e. The Morgan fingerprint density at radius 3 is 1.46 bits per heavy atom. The summed E-state index contributed by atoms with van der Waals surface area (Å²) in [6.45, 7) is 13.3. The van der Waals surface area contributed by atoms with Gasteiger partial charge in [0.1, 0.15) is 5.71 Å². The van der Waals surface area contributed by atoms with E-state index in [-0.39, 0.29) is 16.5 Å². The van der Waals surface area contributed by atoms with Gasteiger partial charge in [0, 0.05) is 16.5 Å². The molecule has 0 saturated carbocycles. The molecule has 0 aliphatic heterocycles. The minimum absolute atomic E-state index is 0. The number of allylic oxidation sites excluding steroid dienone is 2. The van der Waals surface area contributed by atoms with Gasteiger partial charge in [-0.25, -0.2) is 9.98 Å². The molecule has 0 fully saturated rings. The van der Waals surface area contributed by atoms with Gasteiger partial charge >= 0.3 is 0 Å². The first kappa shape index (κ1) is 43.6. The molecule has 0 amide bonds. The van der Waals surface area contributed by atoms with Gasteiger partial charge in [0.05, 0.1) is 17.1 Å². The van der Waals surface area contributed by atoms with Crippen LogP contribution in [0.3, 0.4) is 0 Å². The maximum atomic E-state index is 5.27. The topological polar surface area (TPSA) is 24.7 Å². The SMILES string of the molecule is CC#CC(=N\c1ccc(CCCC)c(CCCC)c1)/C(/C=C/CCCCCCCCCC)=N/c1ccc(CCCC)c(CCCC)c1.[Ni]. The van der Waals surface area contributed by atoms with E-state index in [1.54, 1.807) is 0 Å². The van der Waals surface area contributed by atoms with Crippen LogP contribution in [0.25, 0.3) is 0 Å². The molecular formula is C45H68N2Ni. The Labute approximate surface area is 307 Å². The van der Waals surface area contributed by atoms with E-state index in [2.05, 4.69) is 95.0 Å². The average molecular weight is 696 g/mol. The Kier molecular flexibility index (Phi) is 25.8. The van der Waals surface area contributed by atoms with Gasteiger partial charge in [-0.3, -0.25) is 0 Å². The predicted molar refractivity (Wildman–Crippen MR) is 211 cm³/mol. The summed E-state index contributed by atoms with van der Waals surface area (Å²) in [7, 11) is 0. The number of hydrogen-bond acceptors (Lipinski definition) is 2. The van der Waals surface area contributed by atoms with Crippen LogP contribution in [0.2, 0.25) is 0 Å². The molecule has 268 valence electrons. The molecule has 2 rings (SSSR count). The summed E-state index contributed by atoms with van der Waals surface area (Å²) < 4.78 is 0. The smallest absolute Gasteiger partial charge is 0.139 e. The molecule has 2 aromatic rings. The van der Waals surface area contributed by atoms with E-state index in [4.69, 9.17) is 9.98 Å². The van der Waals surface area contributed by atoms with Crippen molar-refractivity contribution in [3.05, 3.63) is 70.8 Å². The Morgan fingerprint density at radius 2 is 0.979 bits per heavy atom. The molecule has 48 heavy (non-hydrogen) atoms. The number of aryl methyl sites for hydroxylation is 4. The minimum Gasteiger partial charge on any atom is -0.246 e. The van der Waals surface area contributed by atoms with Gasteiger partial charge in [0.15, 0.2) is 0 Å². The van der Waals surface area contributed by atoms with Crippen LogP contribution in [-0.4, -0.2) is 11.4 Å². The first-order valence-corrected chi connectivity index (χ1v) is 19.6. The van der Waals surface area contributed by atoms with Crippen LogP contribution in [0.4, 0.5) is 11.4 Å². The van der Waals surface area contributed by atoms with Gasteiger partial charge in [-0.15, -0.1) is 0 Å². The molecule has 2 aromatic carbocycles. The monoisotopic (exact) mass is 694 g/mol. The normalized spacial score (nSPS) is 11.9. The van der Waals surface area contributed by atoms with Crippen molar-refractivity contribution in [2.75, 3.05) is 0 Å². The van der Waals surface area contributed by atoms with Gasteiger partial charge < -0.3 is 0 Å². The molecule has 0 aliphatic carbocycles. The van der Waals surface area contributed by atoms with Crippen molar-refractivity contribution >= 4 is 22.8 Å². The minimum atomic E-state index is 0. The van der Waals surface area contributed by atoms with Crippen LogP contribution in [0.1, 0.15) is 173 Å². The van der Waals surface area contributed by atoms with Crippen LogP contribution in [-0.2, 0) is 42.2 Å². The summed E-state index contributed by atoms with van der Waals surface area (Å²) in [4.78, 5) is 10.5. The molecule has 0 aromatic heterocycles. The van der Waals surface area contributed by atoms with Crippen LogP contribution < -0.4 is 0 Å². The Morgan fingerprint density at radius 1 is 0.542 bits per heavy atom. The number of unbranched alkanes of at least 4 members (excludes halogenated alkanes) is 12. The van der Waals surface area contributed by atoms with Crippen LogP contribution in [0, 0.1) is 11.8 Å². The van der Waals surface area contributed by atoms with E-state index < -0.39 is 0 Å². The molecule has 0 atom stereocenters. The molecule has 0 N–H and O–H groups in total. The largest absolute Gasteiger partial charge is 0.246 e. The molecule has 0 spiro atoms. The van der Waals surface area contributed by atoms with E-state index in [0.717, 1.165) is 54.9 Å². The van der Waals surface area contributed by atoms with Gasteiger partial charge in [0.25, 0.3) is 0 Å². The summed E-state index contributed by atoms with van der Waals surface area (Å²) in [6, 6.07) is 13.7. The summed E-state index contributed by atoms with van der Waals surface area (Å²) in [5.41, 5.74) is 9.47. The van der Waals surface area contributed by atoms with Crippen molar-refractivity contribution in [1.82, 2.24) is 0 Å². The van der Waals surface area contributed by atoms with Crippen molar-refractivity contribution in [2.45, 2.75) is 176 Å². The Bertz CT molecular complexity index is 1290. The first-order chi connectivity index (χ1) is 23.1. The molecular weight excluding hydrogens is 627 g/mol. The maximum absolute atomic E-state index is 5.27. The molecule has 0 unspecified atom stereocenters. The van der Waals surface area contributed by atoms with Crippen molar-refractivity contribution in [3.8, 4) is 11.8 Å². The zero-order valence-corrected chi connectivity index (χ0v) is 32.7. The summed E-state index contributed by atoms with van der Waals surface area (Å²) in [5.74, 6) is 6.51. The second-order valence-electron chi connectivity index (χ2n) is 13.3. The van der Waals surface area contributed by atoms with E-state index >= 15 is 0 Å².